The number of benzene rings is 1. The lowest BCUT2D eigenvalue weighted by atomic mass is 9.67. The van der Waals surface area contributed by atoms with Crippen molar-refractivity contribution in [2.75, 3.05) is 26.8 Å². The molecule has 2 fully saturated rings. The molecule has 0 spiro atoms. The number of aliphatic carboxylic acids is 1. The predicted octanol–water partition coefficient (Wildman–Crippen LogP) is 7.81. The Morgan fingerprint density at radius 3 is 2.33 bits per heavy atom. The zero-order valence-electron chi connectivity index (χ0n) is 27.3. The van der Waals surface area contributed by atoms with Crippen molar-refractivity contribution in [3.05, 3.63) is 53.7 Å². The lowest BCUT2D eigenvalue weighted by Crippen LogP contribution is -2.47. The average molecular weight is 635 g/mol. The van der Waals surface area contributed by atoms with Gasteiger partial charge in [0.15, 0.2) is 0 Å². The Morgan fingerprint density at radius 2 is 1.78 bits per heavy atom. The minimum Gasteiger partial charge on any atom is -0.497 e. The quantitative estimate of drug-likeness (QED) is 0.241. The van der Waals surface area contributed by atoms with Crippen molar-refractivity contribution in [2.24, 2.45) is 11.3 Å². The van der Waals surface area contributed by atoms with E-state index in [1.807, 2.05) is 23.1 Å². The Morgan fingerprint density at radius 1 is 1.09 bits per heavy atom. The maximum atomic E-state index is 14.1. The Hall–Kier alpha value is -2.85. The van der Waals surface area contributed by atoms with Crippen LogP contribution < -0.4 is 9.47 Å². The molecule has 2 heterocycles. The van der Waals surface area contributed by atoms with Crippen molar-refractivity contribution in [1.29, 1.82) is 0 Å². The highest BCUT2D eigenvalue weighted by Gasteiger charge is 2.48. The van der Waals surface area contributed by atoms with Gasteiger partial charge in [-0.15, -0.1) is 0 Å². The van der Waals surface area contributed by atoms with Crippen molar-refractivity contribution in [2.45, 2.75) is 109 Å². The number of alkyl halides is 3. The molecule has 0 radical (unpaired) electrons. The van der Waals surface area contributed by atoms with Crippen LogP contribution in [-0.4, -0.2) is 65.6 Å². The minimum absolute atomic E-state index is 0.0182. The first-order chi connectivity index (χ1) is 21.1. The first kappa shape index (κ1) is 35.0. The van der Waals surface area contributed by atoms with E-state index in [-0.39, 0.29) is 36.0 Å². The summed E-state index contributed by atoms with van der Waals surface area (Å²) in [6.45, 7) is 7.91. The number of aromatic nitrogens is 1. The predicted molar refractivity (Wildman–Crippen MR) is 167 cm³/mol. The van der Waals surface area contributed by atoms with Crippen LogP contribution in [0.15, 0.2) is 42.6 Å². The molecule has 1 aromatic carbocycles. The summed E-state index contributed by atoms with van der Waals surface area (Å²) in [5.41, 5.74) is -0.547. The third-order valence-electron chi connectivity index (χ3n) is 9.58. The summed E-state index contributed by atoms with van der Waals surface area (Å²) in [7, 11) is 1.63. The molecule has 7 nitrogen and oxygen atoms in total. The fraction of sp³-hybridized carbons (Fsp3) is 0.657. The highest BCUT2D eigenvalue weighted by atomic mass is 19.4. The van der Waals surface area contributed by atoms with Crippen LogP contribution in [0.25, 0.3) is 0 Å². The summed E-state index contributed by atoms with van der Waals surface area (Å²) in [6.07, 6.45) is 2.90. The summed E-state index contributed by atoms with van der Waals surface area (Å²) < 4.78 is 59.8. The van der Waals surface area contributed by atoms with Gasteiger partial charge in [-0.05, 0) is 108 Å². The molecule has 0 amide bonds. The lowest BCUT2D eigenvalue weighted by molar-refractivity contribution is -0.217. The van der Waals surface area contributed by atoms with Gasteiger partial charge in [-0.1, -0.05) is 18.2 Å². The number of methoxy groups -OCH3 is 1. The van der Waals surface area contributed by atoms with Gasteiger partial charge < -0.3 is 19.3 Å². The van der Waals surface area contributed by atoms with E-state index in [4.69, 9.17) is 19.3 Å². The molecule has 4 rings (SSSR count). The molecule has 1 aliphatic heterocycles. The number of carbonyl (C=O) groups is 1. The maximum absolute atomic E-state index is 14.1. The van der Waals surface area contributed by atoms with E-state index >= 15 is 0 Å². The summed E-state index contributed by atoms with van der Waals surface area (Å²) in [5.74, 6) is 0.655. The van der Waals surface area contributed by atoms with Gasteiger partial charge in [-0.25, -0.2) is 4.98 Å². The largest absolute Gasteiger partial charge is 0.497 e. The molecule has 1 aliphatic carbocycles. The molecule has 1 N–H and O–H groups in total. The van der Waals surface area contributed by atoms with Crippen LogP contribution in [0.3, 0.4) is 0 Å². The first-order valence-corrected chi connectivity index (χ1v) is 16.0. The van der Waals surface area contributed by atoms with Crippen LogP contribution in [0.4, 0.5) is 13.2 Å². The molecule has 2 aromatic rings. The van der Waals surface area contributed by atoms with Gasteiger partial charge in [0.2, 0.25) is 5.88 Å². The van der Waals surface area contributed by atoms with Gasteiger partial charge in [-0.3, -0.25) is 9.69 Å². The normalized spacial score (nSPS) is 23.9. The number of hydrogen-bond acceptors (Lipinski definition) is 6. The number of ether oxygens (including phenoxy) is 3. The highest BCUT2D eigenvalue weighted by molar-refractivity contribution is 5.67. The number of hydrogen-bond donors (Lipinski definition) is 1. The van der Waals surface area contributed by atoms with E-state index in [9.17, 15) is 18.0 Å². The standard InChI is InChI=1S/C35H49F3N2O5/c1-32(2,35(36,37)38)24-40(18-16-34(17-19-44-33(3,4)23-34)27-9-13-28(43-5)14-10-27)22-26-8-15-30(39-21-26)45-29-11-6-25(7-12-29)20-31(41)42/h8-10,13-15,21,25,29H,6-7,11-12,16-20,22-24H2,1-5H3,(H,41,42)/t25?,29?,34-/m1/s1. The Kier molecular flexibility index (Phi) is 11.1. The van der Waals surface area contributed by atoms with Gasteiger partial charge in [0.05, 0.1) is 18.1 Å². The van der Waals surface area contributed by atoms with E-state index < -0.39 is 17.6 Å². The Balaban J connectivity index is 1.48. The second kappa shape index (κ2) is 14.3. The van der Waals surface area contributed by atoms with E-state index in [1.165, 1.54) is 13.8 Å². The van der Waals surface area contributed by atoms with Crippen molar-refractivity contribution < 1.29 is 37.3 Å². The van der Waals surface area contributed by atoms with E-state index in [1.54, 1.807) is 19.4 Å². The van der Waals surface area contributed by atoms with Crippen LogP contribution in [0.2, 0.25) is 0 Å². The number of carboxylic acid groups (broad SMARTS) is 1. The summed E-state index contributed by atoms with van der Waals surface area (Å²) >= 11 is 0. The van der Waals surface area contributed by atoms with Crippen LogP contribution in [0, 0.1) is 11.3 Å². The number of pyridine rings is 1. The molecule has 0 bridgehead atoms. The molecule has 0 unspecified atom stereocenters. The molecule has 1 saturated carbocycles. The van der Waals surface area contributed by atoms with Crippen LogP contribution in [-0.2, 0) is 21.5 Å². The molecule has 1 atom stereocenters. The zero-order valence-corrected chi connectivity index (χ0v) is 27.3. The van der Waals surface area contributed by atoms with Gasteiger partial charge in [0, 0.05) is 43.8 Å². The molecule has 1 aromatic heterocycles. The summed E-state index contributed by atoms with van der Waals surface area (Å²) in [4.78, 5) is 17.4. The summed E-state index contributed by atoms with van der Waals surface area (Å²) in [5, 5.41) is 9.05. The third-order valence-corrected chi connectivity index (χ3v) is 9.58. The molecule has 2 aliphatic rings. The second-order valence-electron chi connectivity index (χ2n) is 14.2. The van der Waals surface area contributed by atoms with Crippen LogP contribution in [0.1, 0.15) is 90.2 Å². The number of rotatable bonds is 13. The number of halogens is 3. The maximum Gasteiger partial charge on any atom is 0.395 e. The highest BCUT2D eigenvalue weighted by Crippen LogP contribution is 2.45. The molecule has 45 heavy (non-hydrogen) atoms. The minimum atomic E-state index is -4.35. The Labute approximate surface area is 265 Å². The molecular weight excluding hydrogens is 585 g/mol. The van der Waals surface area contributed by atoms with Gasteiger partial charge in [0.25, 0.3) is 0 Å². The molecule has 1 saturated heterocycles. The topological polar surface area (TPSA) is 81.1 Å². The van der Waals surface area contributed by atoms with Gasteiger partial charge in [-0.2, -0.15) is 13.2 Å². The van der Waals surface area contributed by atoms with Crippen molar-refractivity contribution in [1.82, 2.24) is 9.88 Å². The number of carboxylic acids is 1. The van der Waals surface area contributed by atoms with Crippen molar-refractivity contribution >= 4 is 5.97 Å². The van der Waals surface area contributed by atoms with Gasteiger partial charge in [0.1, 0.15) is 11.9 Å². The van der Waals surface area contributed by atoms with Crippen LogP contribution >= 0.6 is 0 Å². The lowest BCUT2D eigenvalue weighted by Gasteiger charge is -2.46. The molecular formula is C35H49F3N2O5. The first-order valence-electron chi connectivity index (χ1n) is 16.0. The monoisotopic (exact) mass is 634 g/mol. The van der Waals surface area contributed by atoms with E-state index in [0.29, 0.717) is 32.0 Å². The number of nitrogens with zero attached hydrogens (tertiary/aromatic N) is 2. The Bertz CT molecular complexity index is 1240. The molecule has 250 valence electrons. The van der Waals surface area contributed by atoms with Crippen LogP contribution in [0.5, 0.6) is 11.6 Å². The molecule has 10 heteroatoms. The SMILES string of the molecule is COc1ccc([C@]2(CCN(Cc3ccc(OC4CCC(CC(=O)O)CC4)nc3)CC(C)(C)C(F)(F)F)CCOC(C)(C)C2)cc1. The third kappa shape index (κ3) is 9.58. The summed E-state index contributed by atoms with van der Waals surface area (Å²) in [6, 6.07) is 11.7. The van der Waals surface area contributed by atoms with Crippen molar-refractivity contribution in [3.63, 3.8) is 0 Å². The second-order valence-corrected chi connectivity index (χ2v) is 14.2. The fourth-order valence-corrected chi connectivity index (χ4v) is 6.96. The van der Waals surface area contributed by atoms with E-state index in [2.05, 4.69) is 31.0 Å². The zero-order chi connectivity index (χ0) is 32.9. The average Bonchev–Trinajstić information content (AvgIpc) is 2.96. The smallest absolute Gasteiger partial charge is 0.395 e. The van der Waals surface area contributed by atoms with E-state index in [0.717, 1.165) is 55.4 Å². The van der Waals surface area contributed by atoms with Crippen molar-refractivity contribution in [3.8, 4) is 11.6 Å². The fourth-order valence-electron chi connectivity index (χ4n) is 6.96. The van der Waals surface area contributed by atoms with Gasteiger partial charge >= 0.3 is 12.1 Å².